The number of ether oxygens (including phenoxy) is 1. The van der Waals surface area contributed by atoms with Crippen LogP contribution >= 0.6 is 11.8 Å². The maximum absolute atomic E-state index is 11.8. The van der Waals surface area contributed by atoms with Gasteiger partial charge in [0.05, 0.1) is 7.11 Å². The van der Waals surface area contributed by atoms with Gasteiger partial charge in [-0.2, -0.15) is 11.8 Å². The smallest absolute Gasteiger partial charge is 0.322 e. The number of anilines is 1. The molecule has 0 aliphatic rings. The summed E-state index contributed by atoms with van der Waals surface area (Å²) in [5.41, 5.74) is 7.92. The number of fused-ring (bicyclic) bond motifs is 1. The Bertz CT molecular complexity index is 646. The van der Waals surface area contributed by atoms with Crippen LogP contribution in [-0.4, -0.2) is 31.1 Å². The lowest BCUT2D eigenvalue weighted by molar-refractivity contribution is -0.143. The summed E-state index contributed by atoms with van der Waals surface area (Å²) in [4.78, 5) is 11.8. The van der Waals surface area contributed by atoms with E-state index in [1.807, 2.05) is 30.5 Å². The molecule has 0 bridgehead atoms. The summed E-state index contributed by atoms with van der Waals surface area (Å²) in [6, 6.07) is 11.7. The summed E-state index contributed by atoms with van der Waals surface area (Å²) in [7, 11) is 1.43. The van der Waals surface area contributed by atoms with E-state index in [1.165, 1.54) is 7.11 Å². The number of nitrogen functional groups attached to an aromatic ring is 1. The van der Waals surface area contributed by atoms with E-state index in [1.54, 1.807) is 11.8 Å². The molecular weight excluding hydrogens is 296 g/mol. The fourth-order valence-electron chi connectivity index (χ4n) is 2.47. The number of carbonyl (C=O) groups is 1. The zero-order valence-electron chi connectivity index (χ0n) is 13.0. The van der Waals surface area contributed by atoms with Crippen molar-refractivity contribution in [2.45, 2.75) is 19.0 Å². The first-order valence-corrected chi connectivity index (χ1v) is 8.63. The summed E-state index contributed by atoms with van der Waals surface area (Å²) in [5.74, 6) is 0.698. The van der Waals surface area contributed by atoms with E-state index in [4.69, 9.17) is 10.5 Å². The highest BCUT2D eigenvalue weighted by atomic mass is 32.2. The zero-order valence-corrected chi connectivity index (χ0v) is 13.8. The molecule has 0 heterocycles. The van der Waals surface area contributed by atoms with Gasteiger partial charge in [-0.3, -0.25) is 4.79 Å². The minimum Gasteiger partial charge on any atom is -0.468 e. The number of nitrogens with two attached hydrogens (primary N) is 1. The SMILES string of the molecule is COC(=O)[C@H](CCSC)NCc1cccc2c(N)cccc12. The van der Waals surface area contributed by atoms with Crippen molar-refractivity contribution in [3.63, 3.8) is 0 Å². The van der Waals surface area contributed by atoms with E-state index in [0.717, 1.165) is 34.2 Å². The van der Waals surface area contributed by atoms with Crippen molar-refractivity contribution in [2.24, 2.45) is 0 Å². The van der Waals surface area contributed by atoms with Gasteiger partial charge in [-0.05, 0) is 35.4 Å². The Hall–Kier alpha value is -1.72. The molecule has 5 heteroatoms. The third-order valence-electron chi connectivity index (χ3n) is 3.68. The first-order chi connectivity index (χ1) is 10.7. The molecule has 0 fully saturated rings. The predicted molar refractivity (Wildman–Crippen MR) is 94.0 cm³/mol. The van der Waals surface area contributed by atoms with Gasteiger partial charge in [-0.15, -0.1) is 0 Å². The summed E-state index contributed by atoms with van der Waals surface area (Å²) >= 11 is 1.72. The minimum absolute atomic E-state index is 0.214. The fraction of sp³-hybridized carbons (Fsp3) is 0.353. The Kier molecular flexibility index (Phi) is 6.10. The van der Waals surface area contributed by atoms with E-state index in [-0.39, 0.29) is 12.0 Å². The molecule has 0 aromatic heterocycles. The molecule has 0 aliphatic heterocycles. The Morgan fingerprint density at radius 2 is 2.00 bits per heavy atom. The van der Waals surface area contributed by atoms with E-state index in [2.05, 4.69) is 17.4 Å². The highest BCUT2D eigenvalue weighted by Crippen LogP contribution is 2.24. The molecule has 2 aromatic carbocycles. The molecular formula is C17H22N2O2S. The number of benzene rings is 2. The third-order valence-corrected chi connectivity index (χ3v) is 4.33. The summed E-state index contributed by atoms with van der Waals surface area (Å²) in [6.07, 6.45) is 2.78. The Balaban J connectivity index is 2.16. The number of hydrogen-bond acceptors (Lipinski definition) is 5. The van der Waals surface area contributed by atoms with E-state index < -0.39 is 0 Å². The van der Waals surface area contributed by atoms with Crippen LogP contribution in [0.1, 0.15) is 12.0 Å². The second kappa shape index (κ2) is 8.06. The van der Waals surface area contributed by atoms with Crippen LogP contribution in [0.4, 0.5) is 5.69 Å². The van der Waals surface area contributed by atoms with Gasteiger partial charge < -0.3 is 15.8 Å². The van der Waals surface area contributed by atoms with Crippen LogP contribution in [0.25, 0.3) is 10.8 Å². The summed E-state index contributed by atoms with van der Waals surface area (Å²) in [6.45, 7) is 0.606. The van der Waals surface area contributed by atoms with Gasteiger partial charge in [-0.25, -0.2) is 0 Å². The molecule has 0 saturated heterocycles. The third kappa shape index (κ3) is 3.93. The predicted octanol–water partition coefficient (Wildman–Crippen LogP) is 2.81. The van der Waals surface area contributed by atoms with Crippen LogP contribution in [0.5, 0.6) is 0 Å². The number of nitrogens with one attached hydrogen (secondary N) is 1. The highest BCUT2D eigenvalue weighted by molar-refractivity contribution is 7.98. The van der Waals surface area contributed by atoms with Gasteiger partial charge in [0.15, 0.2) is 0 Å². The van der Waals surface area contributed by atoms with Gasteiger partial charge in [0.25, 0.3) is 0 Å². The van der Waals surface area contributed by atoms with Gasteiger partial charge >= 0.3 is 5.97 Å². The lowest BCUT2D eigenvalue weighted by Gasteiger charge is -2.17. The first-order valence-electron chi connectivity index (χ1n) is 7.23. The lowest BCUT2D eigenvalue weighted by Crippen LogP contribution is -2.37. The molecule has 0 aliphatic carbocycles. The zero-order chi connectivity index (χ0) is 15.9. The van der Waals surface area contributed by atoms with Crippen LogP contribution in [0.15, 0.2) is 36.4 Å². The van der Waals surface area contributed by atoms with Crippen molar-refractivity contribution in [3.05, 3.63) is 42.0 Å². The molecule has 0 radical (unpaired) electrons. The number of thioether (sulfide) groups is 1. The Morgan fingerprint density at radius 1 is 1.27 bits per heavy atom. The fourth-order valence-corrected chi connectivity index (χ4v) is 2.94. The molecule has 0 unspecified atom stereocenters. The van der Waals surface area contributed by atoms with Crippen LogP contribution in [0, 0.1) is 0 Å². The maximum atomic E-state index is 11.8. The summed E-state index contributed by atoms with van der Waals surface area (Å²) < 4.78 is 4.87. The molecule has 0 spiro atoms. The van der Waals surface area contributed by atoms with Crippen molar-refractivity contribution in [1.29, 1.82) is 0 Å². The van der Waals surface area contributed by atoms with E-state index in [0.29, 0.717) is 6.54 Å². The monoisotopic (exact) mass is 318 g/mol. The van der Waals surface area contributed by atoms with Crippen molar-refractivity contribution < 1.29 is 9.53 Å². The number of rotatable bonds is 7. The normalized spacial score (nSPS) is 12.3. The molecule has 2 rings (SSSR count). The van der Waals surface area contributed by atoms with Crippen molar-refractivity contribution in [1.82, 2.24) is 5.32 Å². The van der Waals surface area contributed by atoms with Gasteiger partial charge in [0.1, 0.15) is 6.04 Å². The Labute approximate surface area is 135 Å². The van der Waals surface area contributed by atoms with Gasteiger partial charge in [0, 0.05) is 17.6 Å². The second-order valence-corrected chi connectivity index (χ2v) is 6.08. The van der Waals surface area contributed by atoms with E-state index >= 15 is 0 Å². The first kappa shape index (κ1) is 16.6. The number of esters is 1. The number of carbonyl (C=O) groups excluding carboxylic acids is 1. The van der Waals surface area contributed by atoms with Crippen molar-refractivity contribution >= 4 is 34.2 Å². The van der Waals surface area contributed by atoms with Crippen LogP contribution < -0.4 is 11.1 Å². The average molecular weight is 318 g/mol. The standard InChI is InChI=1S/C17H22N2O2S/c1-21-17(20)16(9-10-22-2)19-11-12-5-3-7-14-13(12)6-4-8-15(14)18/h3-8,16,19H,9-11,18H2,1-2H3/t16-/m0/s1. The van der Waals surface area contributed by atoms with Gasteiger partial charge in [0.2, 0.25) is 0 Å². The molecule has 0 amide bonds. The molecule has 3 N–H and O–H groups in total. The molecule has 22 heavy (non-hydrogen) atoms. The van der Waals surface area contributed by atoms with Crippen molar-refractivity contribution in [3.8, 4) is 0 Å². The van der Waals surface area contributed by atoms with Crippen molar-refractivity contribution in [2.75, 3.05) is 24.9 Å². The minimum atomic E-state index is -0.284. The van der Waals surface area contributed by atoms with Crippen LogP contribution in [0.2, 0.25) is 0 Å². The van der Waals surface area contributed by atoms with Crippen LogP contribution in [-0.2, 0) is 16.1 Å². The molecule has 2 aromatic rings. The summed E-state index contributed by atoms with van der Waals surface area (Å²) in [5, 5.41) is 5.46. The number of hydrogen-bond donors (Lipinski definition) is 2. The maximum Gasteiger partial charge on any atom is 0.322 e. The highest BCUT2D eigenvalue weighted by Gasteiger charge is 2.18. The molecule has 4 nitrogen and oxygen atoms in total. The molecule has 0 saturated carbocycles. The Morgan fingerprint density at radius 3 is 2.73 bits per heavy atom. The number of methoxy groups -OCH3 is 1. The van der Waals surface area contributed by atoms with E-state index in [9.17, 15) is 4.79 Å². The quantitative estimate of drug-likeness (QED) is 0.607. The second-order valence-electron chi connectivity index (χ2n) is 5.10. The topological polar surface area (TPSA) is 64.3 Å². The van der Waals surface area contributed by atoms with Crippen LogP contribution in [0.3, 0.4) is 0 Å². The largest absolute Gasteiger partial charge is 0.468 e. The molecule has 118 valence electrons. The molecule has 1 atom stereocenters. The van der Waals surface area contributed by atoms with Gasteiger partial charge in [-0.1, -0.05) is 30.3 Å². The lowest BCUT2D eigenvalue weighted by atomic mass is 10.0. The average Bonchev–Trinajstić information content (AvgIpc) is 2.55.